The van der Waals surface area contributed by atoms with Crippen LogP contribution in [0.2, 0.25) is 5.28 Å². The zero-order chi connectivity index (χ0) is 11.5. The zero-order valence-electron chi connectivity index (χ0n) is 9.37. The van der Waals surface area contributed by atoms with Gasteiger partial charge in [0.2, 0.25) is 5.28 Å². The SMILES string of the molecule is CCc1ccc(-c2ccnc(Cl)n2)cc1C. The fraction of sp³-hybridized carbons (Fsp3) is 0.231. The van der Waals surface area contributed by atoms with Gasteiger partial charge in [-0.2, -0.15) is 0 Å². The lowest BCUT2D eigenvalue weighted by molar-refractivity contribution is 1.11. The van der Waals surface area contributed by atoms with E-state index in [4.69, 9.17) is 11.6 Å². The van der Waals surface area contributed by atoms with Gasteiger partial charge in [0.15, 0.2) is 0 Å². The van der Waals surface area contributed by atoms with E-state index in [0.29, 0.717) is 0 Å². The first-order valence-electron chi connectivity index (χ1n) is 5.29. The molecule has 1 aromatic carbocycles. The molecule has 0 radical (unpaired) electrons. The second-order valence-corrected chi connectivity index (χ2v) is 4.04. The molecule has 1 heterocycles. The van der Waals surface area contributed by atoms with E-state index >= 15 is 0 Å². The molecule has 2 aromatic rings. The van der Waals surface area contributed by atoms with E-state index in [0.717, 1.165) is 17.7 Å². The standard InChI is InChI=1S/C13H13ClN2/c1-3-10-4-5-11(8-9(10)2)12-6-7-15-13(14)16-12/h4-8H,3H2,1-2H3. The predicted molar refractivity (Wildman–Crippen MR) is 66.6 cm³/mol. The molecule has 0 N–H and O–H groups in total. The summed E-state index contributed by atoms with van der Waals surface area (Å²) in [6.07, 6.45) is 2.73. The summed E-state index contributed by atoms with van der Waals surface area (Å²) in [7, 11) is 0. The lowest BCUT2D eigenvalue weighted by Gasteiger charge is -2.06. The minimum Gasteiger partial charge on any atom is -0.226 e. The summed E-state index contributed by atoms with van der Waals surface area (Å²) >= 11 is 5.77. The number of hydrogen-bond donors (Lipinski definition) is 0. The Morgan fingerprint density at radius 1 is 1.25 bits per heavy atom. The lowest BCUT2D eigenvalue weighted by atomic mass is 10.0. The highest BCUT2D eigenvalue weighted by molar-refractivity contribution is 6.28. The van der Waals surface area contributed by atoms with Crippen molar-refractivity contribution in [1.29, 1.82) is 0 Å². The van der Waals surface area contributed by atoms with Gasteiger partial charge in [0.25, 0.3) is 0 Å². The minimum absolute atomic E-state index is 0.287. The molecule has 0 saturated carbocycles. The van der Waals surface area contributed by atoms with Gasteiger partial charge in [-0.15, -0.1) is 0 Å². The van der Waals surface area contributed by atoms with Crippen molar-refractivity contribution in [3.05, 3.63) is 46.9 Å². The number of nitrogens with zero attached hydrogens (tertiary/aromatic N) is 2. The third-order valence-electron chi connectivity index (χ3n) is 2.65. The Bertz CT molecular complexity index is 509. The van der Waals surface area contributed by atoms with Crippen LogP contribution in [-0.2, 0) is 6.42 Å². The van der Waals surface area contributed by atoms with Crippen molar-refractivity contribution in [2.45, 2.75) is 20.3 Å². The van der Waals surface area contributed by atoms with Gasteiger partial charge in [0, 0.05) is 11.8 Å². The number of rotatable bonds is 2. The van der Waals surface area contributed by atoms with Gasteiger partial charge >= 0.3 is 0 Å². The lowest BCUT2D eigenvalue weighted by Crippen LogP contribution is -1.90. The Hall–Kier alpha value is -1.41. The van der Waals surface area contributed by atoms with Crippen molar-refractivity contribution in [3.63, 3.8) is 0 Å². The molecule has 1 aromatic heterocycles. The first-order valence-corrected chi connectivity index (χ1v) is 5.67. The van der Waals surface area contributed by atoms with Gasteiger partial charge < -0.3 is 0 Å². The molecular formula is C13H13ClN2. The molecule has 0 aliphatic heterocycles. The van der Waals surface area contributed by atoms with Gasteiger partial charge in [-0.1, -0.05) is 19.1 Å². The molecule has 0 aliphatic rings. The highest BCUT2D eigenvalue weighted by Crippen LogP contribution is 2.21. The minimum atomic E-state index is 0.287. The van der Waals surface area contributed by atoms with E-state index in [1.165, 1.54) is 11.1 Å². The average molecular weight is 233 g/mol. The van der Waals surface area contributed by atoms with Crippen molar-refractivity contribution in [2.24, 2.45) is 0 Å². The van der Waals surface area contributed by atoms with Crippen LogP contribution in [0.1, 0.15) is 18.1 Å². The number of hydrogen-bond acceptors (Lipinski definition) is 2. The average Bonchev–Trinajstić information content (AvgIpc) is 2.29. The summed E-state index contributed by atoms with van der Waals surface area (Å²) in [6.45, 7) is 4.27. The topological polar surface area (TPSA) is 25.8 Å². The largest absolute Gasteiger partial charge is 0.226 e. The number of aromatic nitrogens is 2. The third-order valence-corrected chi connectivity index (χ3v) is 2.83. The van der Waals surface area contributed by atoms with Gasteiger partial charge in [0.1, 0.15) is 0 Å². The van der Waals surface area contributed by atoms with Gasteiger partial charge in [-0.05, 0) is 48.2 Å². The summed E-state index contributed by atoms with van der Waals surface area (Å²) in [6, 6.07) is 8.22. The molecule has 2 nitrogen and oxygen atoms in total. The van der Waals surface area contributed by atoms with Crippen molar-refractivity contribution in [3.8, 4) is 11.3 Å². The second kappa shape index (κ2) is 4.62. The van der Waals surface area contributed by atoms with Crippen LogP contribution in [-0.4, -0.2) is 9.97 Å². The molecule has 0 saturated heterocycles. The van der Waals surface area contributed by atoms with Crippen LogP contribution in [0, 0.1) is 6.92 Å². The molecule has 0 fully saturated rings. The third kappa shape index (κ3) is 2.22. The Morgan fingerprint density at radius 3 is 2.69 bits per heavy atom. The maximum Gasteiger partial charge on any atom is 0.222 e. The maximum atomic E-state index is 5.77. The highest BCUT2D eigenvalue weighted by Gasteiger charge is 2.03. The summed E-state index contributed by atoms with van der Waals surface area (Å²) in [5.41, 5.74) is 4.60. The normalized spacial score (nSPS) is 10.4. The number of halogens is 1. The van der Waals surface area contributed by atoms with Gasteiger partial charge in [-0.25, -0.2) is 9.97 Å². The van der Waals surface area contributed by atoms with E-state index < -0.39 is 0 Å². The van der Waals surface area contributed by atoms with Gasteiger partial charge in [0.05, 0.1) is 5.69 Å². The van der Waals surface area contributed by atoms with E-state index in [1.807, 2.05) is 6.07 Å². The molecule has 16 heavy (non-hydrogen) atoms. The van der Waals surface area contributed by atoms with E-state index in [2.05, 4.69) is 42.0 Å². The highest BCUT2D eigenvalue weighted by atomic mass is 35.5. The van der Waals surface area contributed by atoms with Crippen LogP contribution < -0.4 is 0 Å². The molecule has 0 spiro atoms. The Balaban J connectivity index is 2.45. The van der Waals surface area contributed by atoms with Gasteiger partial charge in [-0.3, -0.25) is 0 Å². The summed E-state index contributed by atoms with van der Waals surface area (Å²) in [4.78, 5) is 8.07. The first kappa shape index (κ1) is 11.1. The van der Waals surface area contributed by atoms with Crippen LogP contribution in [0.25, 0.3) is 11.3 Å². The Kier molecular flexibility index (Phi) is 3.20. The first-order chi connectivity index (χ1) is 7.70. The molecule has 3 heteroatoms. The van der Waals surface area contributed by atoms with E-state index in [9.17, 15) is 0 Å². The summed E-state index contributed by atoms with van der Waals surface area (Å²) in [5.74, 6) is 0. The molecule has 0 aliphatic carbocycles. The second-order valence-electron chi connectivity index (χ2n) is 3.71. The van der Waals surface area contributed by atoms with E-state index in [1.54, 1.807) is 6.20 Å². The van der Waals surface area contributed by atoms with E-state index in [-0.39, 0.29) is 5.28 Å². The molecule has 0 amide bonds. The maximum absolute atomic E-state index is 5.77. The monoisotopic (exact) mass is 232 g/mol. The molecule has 0 atom stereocenters. The fourth-order valence-corrected chi connectivity index (χ4v) is 1.89. The zero-order valence-corrected chi connectivity index (χ0v) is 10.1. The van der Waals surface area contributed by atoms with Crippen LogP contribution >= 0.6 is 11.6 Å². The van der Waals surface area contributed by atoms with Crippen LogP contribution in [0.3, 0.4) is 0 Å². The quantitative estimate of drug-likeness (QED) is 0.739. The van der Waals surface area contributed by atoms with Crippen LogP contribution in [0.5, 0.6) is 0 Å². The number of aryl methyl sites for hydroxylation is 2. The molecule has 0 unspecified atom stereocenters. The molecule has 0 bridgehead atoms. The predicted octanol–water partition coefficient (Wildman–Crippen LogP) is 3.67. The smallest absolute Gasteiger partial charge is 0.222 e. The van der Waals surface area contributed by atoms with Crippen LogP contribution in [0.4, 0.5) is 0 Å². The van der Waals surface area contributed by atoms with Crippen molar-refractivity contribution in [1.82, 2.24) is 9.97 Å². The Morgan fingerprint density at radius 2 is 2.06 bits per heavy atom. The Labute approximate surface area is 100 Å². The molecule has 2 rings (SSSR count). The summed E-state index contributed by atoms with van der Waals surface area (Å²) in [5, 5.41) is 0.287. The van der Waals surface area contributed by atoms with Crippen LogP contribution in [0.15, 0.2) is 30.5 Å². The van der Waals surface area contributed by atoms with Crippen molar-refractivity contribution >= 4 is 11.6 Å². The summed E-state index contributed by atoms with van der Waals surface area (Å²) < 4.78 is 0. The van der Waals surface area contributed by atoms with Crippen molar-refractivity contribution < 1.29 is 0 Å². The fourth-order valence-electron chi connectivity index (χ4n) is 1.75. The molecule has 82 valence electrons. The molecular weight excluding hydrogens is 220 g/mol. The number of benzene rings is 1. The van der Waals surface area contributed by atoms with Crippen molar-refractivity contribution in [2.75, 3.05) is 0 Å².